The standard InChI is InChI=1S/C16H14N2O6S2/c1-25(20,21)14-8-7-13(24-16(17)19)15-12(14)9-10-18(15)26(22,23)11-5-3-2-4-6-11/h2-10H,1H3,(H2,17,19). The summed E-state index contributed by atoms with van der Waals surface area (Å²) >= 11 is 0. The third-order valence-corrected chi connectivity index (χ3v) is 6.49. The largest absolute Gasteiger partial charge is 0.410 e. The van der Waals surface area contributed by atoms with E-state index in [9.17, 15) is 21.6 Å². The van der Waals surface area contributed by atoms with Crippen LogP contribution in [0.15, 0.2) is 64.5 Å². The van der Waals surface area contributed by atoms with Gasteiger partial charge in [0.1, 0.15) is 5.52 Å². The first-order valence-electron chi connectivity index (χ1n) is 7.24. The van der Waals surface area contributed by atoms with Crippen LogP contribution in [0, 0.1) is 0 Å². The molecule has 0 aliphatic carbocycles. The number of fused-ring (bicyclic) bond motifs is 1. The molecule has 2 aromatic carbocycles. The predicted molar refractivity (Wildman–Crippen MR) is 94.3 cm³/mol. The second-order valence-electron chi connectivity index (χ2n) is 5.45. The molecule has 10 heteroatoms. The molecule has 26 heavy (non-hydrogen) atoms. The van der Waals surface area contributed by atoms with Crippen molar-refractivity contribution in [2.24, 2.45) is 5.73 Å². The normalized spacial score (nSPS) is 12.2. The van der Waals surface area contributed by atoms with Crippen molar-refractivity contribution < 1.29 is 26.4 Å². The number of hydrogen-bond acceptors (Lipinski definition) is 6. The van der Waals surface area contributed by atoms with Crippen LogP contribution in [-0.2, 0) is 19.9 Å². The fourth-order valence-electron chi connectivity index (χ4n) is 2.60. The third-order valence-electron chi connectivity index (χ3n) is 3.65. The molecule has 0 bridgehead atoms. The number of ether oxygens (including phenoxy) is 1. The van der Waals surface area contributed by atoms with Crippen molar-refractivity contribution >= 4 is 36.9 Å². The number of primary amides is 1. The molecule has 0 aliphatic rings. The van der Waals surface area contributed by atoms with Crippen LogP contribution in [0.3, 0.4) is 0 Å². The van der Waals surface area contributed by atoms with Gasteiger partial charge in [0.15, 0.2) is 15.6 Å². The maximum Gasteiger partial charge on any atom is 0.410 e. The maximum atomic E-state index is 12.9. The van der Waals surface area contributed by atoms with Crippen LogP contribution in [-0.4, -0.2) is 33.2 Å². The van der Waals surface area contributed by atoms with E-state index >= 15 is 0 Å². The number of carbonyl (C=O) groups is 1. The quantitative estimate of drug-likeness (QED) is 0.718. The molecule has 0 spiro atoms. The number of benzene rings is 2. The lowest BCUT2D eigenvalue weighted by Crippen LogP contribution is -2.18. The number of rotatable bonds is 4. The van der Waals surface area contributed by atoms with Gasteiger partial charge in [-0.15, -0.1) is 0 Å². The van der Waals surface area contributed by atoms with E-state index in [1.165, 1.54) is 36.5 Å². The van der Waals surface area contributed by atoms with Gasteiger partial charge in [0.05, 0.1) is 9.79 Å². The highest BCUT2D eigenvalue weighted by atomic mass is 32.2. The minimum Gasteiger partial charge on any atom is -0.408 e. The van der Waals surface area contributed by atoms with Gasteiger partial charge in [-0.25, -0.2) is 25.6 Å². The molecule has 0 radical (unpaired) electrons. The van der Waals surface area contributed by atoms with E-state index in [-0.39, 0.29) is 26.4 Å². The summed E-state index contributed by atoms with van der Waals surface area (Å²) in [4.78, 5) is 11.1. The monoisotopic (exact) mass is 394 g/mol. The number of sulfone groups is 1. The lowest BCUT2D eigenvalue weighted by Gasteiger charge is -2.11. The molecule has 0 saturated heterocycles. The molecule has 3 rings (SSSR count). The Bertz CT molecular complexity index is 1210. The summed E-state index contributed by atoms with van der Waals surface area (Å²) in [6, 6.07) is 11.3. The molecule has 0 aliphatic heterocycles. The molecule has 136 valence electrons. The maximum absolute atomic E-state index is 12.9. The molecule has 0 unspecified atom stereocenters. The first kappa shape index (κ1) is 18.0. The smallest absolute Gasteiger partial charge is 0.408 e. The van der Waals surface area contributed by atoms with Gasteiger partial charge in [0.2, 0.25) is 0 Å². The zero-order chi connectivity index (χ0) is 19.1. The second kappa shape index (κ2) is 6.15. The van der Waals surface area contributed by atoms with Crippen molar-refractivity contribution in [1.29, 1.82) is 0 Å². The van der Waals surface area contributed by atoms with Gasteiger partial charge in [-0.1, -0.05) is 18.2 Å². The summed E-state index contributed by atoms with van der Waals surface area (Å²) in [7, 11) is -7.70. The van der Waals surface area contributed by atoms with Crippen LogP contribution < -0.4 is 10.5 Å². The Morgan fingerprint density at radius 2 is 1.65 bits per heavy atom. The van der Waals surface area contributed by atoms with Crippen molar-refractivity contribution in [2.75, 3.05) is 6.26 Å². The average Bonchev–Trinajstić information content (AvgIpc) is 3.00. The lowest BCUT2D eigenvalue weighted by atomic mass is 10.2. The van der Waals surface area contributed by atoms with E-state index in [4.69, 9.17) is 10.5 Å². The zero-order valence-corrected chi connectivity index (χ0v) is 15.1. The highest BCUT2D eigenvalue weighted by Crippen LogP contribution is 2.34. The van der Waals surface area contributed by atoms with E-state index in [2.05, 4.69) is 0 Å². The summed E-state index contributed by atoms with van der Waals surface area (Å²) in [5, 5.41) is 0.103. The SMILES string of the molecule is CS(=O)(=O)c1ccc(OC(N)=O)c2c1ccn2S(=O)(=O)c1ccccc1. The van der Waals surface area contributed by atoms with Crippen molar-refractivity contribution in [3.05, 3.63) is 54.7 Å². The molecule has 8 nitrogen and oxygen atoms in total. The van der Waals surface area contributed by atoms with E-state index < -0.39 is 26.0 Å². The number of aromatic nitrogens is 1. The summed E-state index contributed by atoms with van der Waals surface area (Å²) in [6.45, 7) is 0. The van der Waals surface area contributed by atoms with Crippen molar-refractivity contribution in [3.8, 4) is 5.75 Å². The molecular weight excluding hydrogens is 380 g/mol. The van der Waals surface area contributed by atoms with Gasteiger partial charge in [-0.3, -0.25) is 0 Å². The molecule has 3 aromatic rings. The Morgan fingerprint density at radius 1 is 1.00 bits per heavy atom. The molecule has 1 aromatic heterocycles. The highest BCUT2D eigenvalue weighted by Gasteiger charge is 2.25. The van der Waals surface area contributed by atoms with Crippen LogP contribution in [0.25, 0.3) is 10.9 Å². The summed E-state index contributed by atoms with van der Waals surface area (Å²) in [5.74, 6) is -0.163. The van der Waals surface area contributed by atoms with Gasteiger partial charge < -0.3 is 10.5 Å². The van der Waals surface area contributed by atoms with E-state index in [0.29, 0.717) is 0 Å². The number of nitrogens with two attached hydrogens (primary N) is 1. The van der Waals surface area contributed by atoms with Crippen molar-refractivity contribution in [1.82, 2.24) is 3.97 Å². The van der Waals surface area contributed by atoms with Crippen LogP contribution in [0.4, 0.5) is 4.79 Å². The average molecular weight is 394 g/mol. The fraction of sp³-hybridized carbons (Fsp3) is 0.0625. The van der Waals surface area contributed by atoms with Crippen molar-refractivity contribution in [3.63, 3.8) is 0 Å². The number of amides is 1. The second-order valence-corrected chi connectivity index (χ2v) is 9.25. The van der Waals surface area contributed by atoms with Gasteiger partial charge in [-0.2, -0.15) is 0 Å². The van der Waals surface area contributed by atoms with Gasteiger partial charge in [0, 0.05) is 17.8 Å². The van der Waals surface area contributed by atoms with E-state index in [1.807, 2.05) is 0 Å². The van der Waals surface area contributed by atoms with E-state index in [1.54, 1.807) is 18.2 Å². The van der Waals surface area contributed by atoms with Crippen molar-refractivity contribution in [2.45, 2.75) is 9.79 Å². The van der Waals surface area contributed by atoms with Gasteiger partial charge in [0.25, 0.3) is 10.0 Å². The summed E-state index contributed by atoms with van der Waals surface area (Å²) < 4.78 is 55.7. The zero-order valence-electron chi connectivity index (χ0n) is 13.5. The first-order valence-corrected chi connectivity index (χ1v) is 10.6. The Labute approximate surface area is 149 Å². The van der Waals surface area contributed by atoms with Crippen LogP contribution in [0.1, 0.15) is 0 Å². The fourth-order valence-corrected chi connectivity index (χ4v) is 4.85. The minimum atomic E-state index is -4.05. The van der Waals surface area contributed by atoms with Gasteiger partial charge in [-0.05, 0) is 30.3 Å². The molecular formula is C16H14N2O6S2. The Hall–Kier alpha value is -2.85. The predicted octanol–water partition coefficient (Wildman–Crippen LogP) is 1.74. The summed E-state index contributed by atoms with van der Waals surface area (Å²) in [6.07, 6.45) is 1.05. The Morgan fingerprint density at radius 3 is 2.23 bits per heavy atom. The third kappa shape index (κ3) is 3.04. The van der Waals surface area contributed by atoms with Gasteiger partial charge >= 0.3 is 6.09 Å². The molecule has 0 saturated carbocycles. The topological polar surface area (TPSA) is 126 Å². The first-order chi connectivity index (χ1) is 12.1. The van der Waals surface area contributed by atoms with Crippen LogP contribution >= 0.6 is 0 Å². The number of hydrogen-bond donors (Lipinski definition) is 1. The van der Waals surface area contributed by atoms with E-state index in [0.717, 1.165) is 10.2 Å². The molecule has 1 amide bonds. The number of carbonyl (C=O) groups excluding carboxylic acids is 1. The Kier molecular flexibility index (Phi) is 4.24. The number of nitrogens with zero attached hydrogens (tertiary/aromatic N) is 1. The molecule has 0 fully saturated rings. The summed E-state index contributed by atoms with van der Waals surface area (Å²) in [5.41, 5.74) is 4.95. The molecule has 1 heterocycles. The van der Waals surface area contributed by atoms with Crippen LogP contribution in [0.5, 0.6) is 5.75 Å². The van der Waals surface area contributed by atoms with Crippen LogP contribution in [0.2, 0.25) is 0 Å². The Balaban J connectivity index is 2.39. The molecule has 0 atom stereocenters. The minimum absolute atomic E-state index is 0.00714. The molecule has 2 N–H and O–H groups in total. The lowest BCUT2D eigenvalue weighted by molar-refractivity contribution is 0.211. The highest BCUT2D eigenvalue weighted by molar-refractivity contribution is 7.91.